The van der Waals surface area contributed by atoms with E-state index in [0.29, 0.717) is 17.2 Å². The van der Waals surface area contributed by atoms with Gasteiger partial charge in [-0.15, -0.1) is 0 Å². The molecule has 0 saturated carbocycles. The number of thioether (sulfide) groups is 1. The maximum absolute atomic E-state index is 12.4. The van der Waals surface area contributed by atoms with Crippen LogP contribution in [-0.4, -0.2) is 35.8 Å². The Balaban J connectivity index is 1.66. The summed E-state index contributed by atoms with van der Waals surface area (Å²) >= 11 is 2.90. The van der Waals surface area contributed by atoms with Gasteiger partial charge in [-0.1, -0.05) is 41.7 Å². The highest BCUT2D eigenvalue weighted by Crippen LogP contribution is 2.34. The van der Waals surface area contributed by atoms with Crippen LogP contribution in [0.3, 0.4) is 0 Å². The van der Waals surface area contributed by atoms with Gasteiger partial charge in [0.2, 0.25) is 5.91 Å². The summed E-state index contributed by atoms with van der Waals surface area (Å²) in [4.78, 5) is 22.4. The fourth-order valence-electron chi connectivity index (χ4n) is 2.47. The summed E-state index contributed by atoms with van der Waals surface area (Å²) in [6.07, 6.45) is 3.29. The van der Waals surface area contributed by atoms with E-state index in [4.69, 9.17) is 9.47 Å². The van der Waals surface area contributed by atoms with Crippen LogP contribution in [0.1, 0.15) is 5.56 Å². The van der Waals surface area contributed by atoms with E-state index in [0.717, 1.165) is 14.9 Å². The predicted octanol–water partition coefficient (Wildman–Crippen LogP) is 4.68. The van der Waals surface area contributed by atoms with E-state index in [-0.39, 0.29) is 11.7 Å². The number of benzene rings is 2. The van der Waals surface area contributed by atoms with E-state index >= 15 is 0 Å². The fourth-order valence-corrected chi connectivity index (χ4v) is 4.26. The summed E-state index contributed by atoms with van der Waals surface area (Å²) in [5.41, 5.74) is 1.78. The summed E-state index contributed by atoms with van der Waals surface area (Å²) < 4.78 is 10.5. The van der Waals surface area contributed by atoms with E-state index in [1.54, 1.807) is 56.6 Å². The Hall–Kier alpha value is -2.71. The zero-order valence-electron chi connectivity index (χ0n) is 16.3. The second kappa shape index (κ2) is 10.2. The van der Waals surface area contributed by atoms with Crippen molar-refractivity contribution in [1.82, 2.24) is 9.97 Å². The molecule has 150 valence electrons. The van der Waals surface area contributed by atoms with Crippen molar-refractivity contribution in [3.05, 3.63) is 60.4 Å². The van der Waals surface area contributed by atoms with Gasteiger partial charge in [-0.2, -0.15) is 0 Å². The molecule has 0 saturated heterocycles. The molecule has 1 heterocycles. The van der Waals surface area contributed by atoms with Crippen molar-refractivity contribution in [2.24, 2.45) is 0 Å². The van der Waals surface area contributed by atoms with Gasteiger partial charge < -0.3 is 14.8 Å². The molecule has 0 spiro atoms. The number of ether oxygens (including phenoxy) is 2. The van der Waals surface area contributed by atoms with Crippen LogP contribution >= 0.6 is 23.5 Å². The number of rotatable bonds is 8. The Bertz CT molecular complexity index is 976. The molecule has 0 aliphatic rings. The Labute approximate surface area is 178 Å². The third-order valence-corrected chi connectivity index (χ3v) is 6.19. The largest absolute Gasteiger partial charge is 0.497 e. The van der Waals surface area contributed by atoms with E-state index in [1.165, 1.54) is 17.3 Å². The van der Waals surface area contributed by atoms with Crippen molar-refractivity contribution in [2.75, 3.05) is 25.3 Å². The van der Waals surface area contributed by atoms with Crippen LogP contribution in [-0.2, 0) is 4.79 Å². The van der Waals surface area contributed by atoms with Crippen LogP contribution < -0.4 is 14.8 Å². The minimum Gasteiger partial charge on any atom is -0.497 e. The average molecular weight is 428 g/mol. The SMILES string of the molecule is COc1cc(NC(=O)CSc2nccnc2Sc2ccccc2C)cc(OC)c1. The topological polar surface area (TPSA) is 73.3 Å². The van der Waals surface area contributed by atoms with Crippen molar-refractivity contribution >= 4 is 35.1 Å². The van der Waals surface area contributed by atoms with Crippen LogP contribution in [0, 0.1) is 6.92 Å². The van der Waals surface area contributed by atoms with Gasteiger partial charge in [-0.05, 0) is 18.6 Å². The number of nitrogens with zero attached hydrogens (tertiary/aromatic N) is 2. The highest BCUT2D eigenvalue weighted by atomic mass is 32.2. The second-order valence-corrected chi connectivity index (χ2v) is 7.97. The minimum atomic E-state index is -0.150. The Kier molecular flexibility index (Phi) is 7.37. The molecular weight excluding hydrogens is 406 g/mol. The molecular formula is C21H21N3O3S2. The first-order chi connectivity index (χ1) is 14.1. The first kappa shape index (κ1) is 21.0. The van der Waals surface area contributed by atoms with Crippen molar-refractivity contribution < 1.29 is 14.3 Å². The monoisotopic (exact) mass is 427 g/mol. The molecule has 0 bridgehead atoms. The molecule has 0 aliphatic carbocycles. The predicted molar refractivity (Wildman–Crippen MR) is 116 cm³/mol. The van der Waals surface area contributed by atoms with E-state index in [1.807, 2.05) is 18.2 Å². The molecule has 1 N–H and O–H groups in total. The second-order valence-electron chi connectivity index (χ2n) is 5.97. The van der Waals surface area contributed by atoms with Gasteiger partial charge in [0.15, 0.2) is 0 Å². The standard InChI is InChI=1S/C21H21N3O3S2/c1-14-6-4-5-7-18(14)29-21-20(22-8-9-23-21)28-13-19(25)24-15-10-16(26-2)12-17(11-15)27-3/h4-12H,13H2,1-3H3,(H,24,25). The number of hydrogen-bond donors (Lipinski definition) is 1. The lowest BCUT2D eigenvalue weighted by Crippen LogP contribution is -2.14. The number of methoxy groups -OCH3 is 2. The van der Waals surface area contributed by atoms with Gasteiger partial charge in [-0.25, -0.2) is 9.97 Å². The molecule has 1 amide bonds. The molecule has 0 atom stereocenters. The third-order valence-electron chi connectivity index (χ3n) is 3.91. The summed E-state index contributed by atoms with van der Waals surface area (Å²) in [7, 11) is 3.13. The maximum atomic E-state index is 12.4. The van der Waals surface area contributed by atoms with Crippen LogP contribution in [0.2, 0.25) is 0 Å². The number of amides is 1. The van der Waals surface area contributed by atoms with Gasteiger partial charge in [0.05, 0.1) is 20.0 Å². The van der Waals surface area contributed by atoms with E-state index in [2.05, 4.69) is 28.3 Å². The number of anilines is 1. The normalized spacial score (nSPS) is 10.4. The molecule has 6 nitrogen and oxygen atoms in total. The van der Waals surface area contributed by atoms with Crippen molar-refractivity contribution in [3.8, 4) is 11.5 Å². The molecule has 0 fully saturated rings. The lowest BCUT2D eigenvalue weighted by Gasteiger charge is -2.10. The Morgan fingerprint density at radius 2 is 1.66 bits per heavy atom. The van der Waals surface area contributed by atoms with Crippen LogP contribution in [0.5, 0.6) is 11.5 Å². The van der Waals surface area contributed by atoms with Crippen molar-refractivity contribution in [1.29, 1.82) is 0 Å². The average Bonchev–Trinajstić information content (AvgIpc) is 2.74. The highest BCUT2D eigenvalue weighted by Gasteiger charge is 2.12. The van der Waals surface area contributed by atoms with Crippen molar-refractivity contribution in [3.63, 3.8) is 0 Å². The van der Waals surface area contributed by atoms with E-state index < -0.39 is 0 Å². The molecule has 8 heteroatoms. The third kappa shape index (κ3) is 5.88. The smallest absolute Gasteiger partial charge is 0.234 e. The van der Waals surface area contributed by atoms with Gasteiger partial charge in [0, 0.05) is 41.2 Å². The number of nitrogens with one attached hydrogen (secondary N) is 1. The molecule has 3 aromatic rings. The summed E-state index contributed by atoms with van der Waals surface area (Å²) in [6, 6.07) is 13.3. The number of aryl methyl sites for hydroxylation is 1. The molecule has 3 rings (SSSR count). The molecule has 1 aromatic heterocycles. The summed E-state index contributed by atoms with van der Waals surface area (Å²) in [5.74, 6) is 1.28. The van der Waals surface area contributed by atoms with Gasteiger partial charge in [0.25, 0.3) is 0 Å². The highest BCUT2D eigenvalue weighted by molar-refractivity contribution is 8.02. The van der Waals surface area contributed by atoms with Gasteiger partial charge in [0.1, 0.15) is 21.6 Å². The first-order valence-electron chi connectivity index (χ1n) is 8.79. The quantitative estimate of drug-likeness (QED) is 0.523. The van der Waals surface area contributed by atoms with E-state index in [9.17, 15) is 4.79 Å². The summed E-state index contributed by atoms with van der Waals surface area (Å²) in [6.45, 7) is 2.06. The fraction of sp³-hybridized carbons (Fsp3) is 0.190. The zero-order valence-corrected chi connectivity index (χ0v) is 18.0. The van der Waals surface area contributed by atoms with Crippen LogP contribution in [0.25, 0.3) is 0 Å². The first-order valence-corrected chi connectivity index (χ1v) is 10.6. The van der Waals surface area contributed by atoms with Crippen LogP contribution in [0.4, 0.5) is 5.69 Å². The minimum absolute atomic E-state index is 0.150. The molecule has 0 aliphatic heterocycles. The zero-order chi connectivity index (χ0) is 20.6. The Morgan fingerprint density at radius 1 is 1.00 bits per heavy atom. The lowest BCUT2D eigenvalue weighted by atomic mass is 10.2. The molecule has 0 unspecified atom stereocenters. The number of carbonyl (C=O) groups excluding carboxylic acids is 1. The molecule has 2 aromatic carbocycles. The molecule has 0 radical (unpaired) electrons. The summed E-state index contributed by atoms with van der Waals surface area (Å²) in [5, 5.41) is 4.37. The number of aromatic nitrogens is 2. The van der Waals surface area contributed by atoms with Gasteiger partial charge >= 0.3 is 0 Å². The molecule has 29 heavy (non-hydrogen) atoms. The lowest BCUT2D eigenvalue weighted by molar-refractivity contribution is -0.113. The van der Waals surface area contributed by atoms with Crippen molar-refractivity contribution in [2.45, 2.75) is 21.9 Å². The number of hydrogen-bond acceptors (Lipinski definition) is 7. The van der Waals surface area contributed by atoms with Crippen LogP contribution in [0.15, 0.2) is 69.8 Å². The number of carbonyl (C=O) groups is 1. The maximum Gasteiger partial charge on any atom is 0.234 e. The Morgan fingerprint density at radius 3 is 2.31 bits per heavy atom. The van der Waals surface area contributed by atoms with Gasteiger partial charge in [-0.3, -0.25) is 4.79 Å².